The second kappa shape index (κ2) is 6.37. The Morgan fingerprint density at radius 2 is 2.05 bits per heavy atom. The number of carbonyl (C=O) groups excluding carboxylic acids is 1. The first-order valence-electron chi connectivity index (χ1n) is 5.64. The summed E-state index contributed by atoms with van der Waals surface area (Å²) < 4.78 is 30.7. The maximum Gasteiger partial charge on any atom is 0.288 e. The molecule has 116 valence electrons. The fraction of sp³-hybridized carbons (Fsp3) is 0.364. The maximum absolute atomic E-state index is 12.1. The fourth-order valence-electron chi connectivity index (χ4n) is 1.45. The van der Waals surface area contributed by atoms with Crippen molar-refractivity contribution in [1.29, 1.82) is 0 Å². The Bertz CT molecular complexity index is 688. The molecule has 1 aromatic carbocycles. The minimum atomic E-state index is -4.20. The molecular formula is C11H13ClN2O6S. The van der Waals surface area contributed by atoms with Crippen LogP contribution in [0.3, 0.4) is 0 Å². The smallest absolute Gasteiger partial charge is 0.288 e. The molecule has 0 radical (unpaired) electrons. The standard InChI is InChI=1S/C11H13ClN2O6S/c1-6-4-9(14(16)17)8(12)5-10(6)21(18,19)13-11(15)7(2)20-3/h4-5,7H,1-3H3,(H,13,15)/t7-/m0/s1. The second-order valence-electron chi connectivity index (χ2n) is 4.17. The Balaban J connectivity index is 3.24. The second-order valence-corrected chi connectivity index (χ2v) is 6.23. The third-order valence-corrected chi connectivity index (χ3v) is 4.48. The number of benzene rings is 1. The molecule has 0 spiro atoms. The summed E-state index contributed by atoms with van der Waals surface area (Å²) in [5.74, 6) is -0.855. The van der Waals surface area contributed by atoms with Crippen molar-refractivity contribution in [1.82, 2.24) is 4.72 Å². The Morgan fingerprint density at radius 3 is 2.52 bits per heavy atom. The predicted molar refractivity (Wildman–Crippen MR) is 74.6 cm³/mol. The normalized spacial score (nSPS) is 12.8. The molecule has 0 saturated heterocycles. The van der Waals surface area contributed by atoms with Crippen molar-refractivity contribution < 1.29 is 22.9 Å². The lowest BCUT2D eigenvalue weighted by Gasteiger charge is -2.12. The Hall–Kier alpha value is -1.71. The van der Waals surface area contributed by atoms with Gasteiger partial charge in [-0.3, -0.25) is 14.9 Å². The first-order chi connectivity index (χ1) is 9.60. The average molecular weight is 337 g/mol. The van der Waals surface area contributed by atoms with E-state index in [1.807, 2.05) is 4.72 Å². The number of rotatable bonds is 5. The van der Waals surface area contributed by atoms with E-state index in [1.165, 1.54) is 21.0 Å². The SMILES string of the molecule is CO[C@@H](C)C(=O)NS(=O)(=O)c1cc(Cl)c([N+](=O)[O-])cc1C. The Kier molecular flexibility index (Phi) is 5.26. The summed E-state index contributed by atoms with van der Waals surface area (Å²) in [6.45, 7) is 2.74. The summed E-state index contributed by atoms with van der Waals surface area (Å²) in [4.78, 5) is 21.3. The van der Waals surface area contributed by atoms with E-state index in [0.29, 0.717) is 0 Å². The summed E-state index contributed by atoms with van der Waals surface area (Å²) in [5, 5.41) is 10.4. The van der Waals surface area contributed by atoms with Crippen molar-refractivity contribution in [2.45, 2.75) is 24.8 Å². The number of carbonyl (C=O) groups is 1. The first-order valence-corrected chi connectivity index (χ1v) is 7.50. The highest BCUT2D eigenvalue weighted by molar-refractivity contribution is 7.90. The van der Waals surface area contributed by atoms with Crippen LogP contribution in [0.4, 0.5) is 5.69 Å². The highest BCUT2D eigenvalue weighted by Crippen LogP contribution is 2.29. The van der Waals surface area contributed by atoms with Gasteiger partial charge in [-0.05, 0) is 25.5 Å². The zero-order valence-electron chi connectivity index (χ0n) is 11.4. The molecule has 0 aliphatic rings. The van der Waals surface area contributed by atoms with Gasteiger partial charge in [-0.15, -0.1) is 0 Å². The van der Waals surface area contributed by atoms with Crippen molar-refractivity contribution in [2.24, 2.45) is 0 Å². The van der Waals surface area contributed by atoms with Crippen LogP contribution in [0.25, 0.3) is 0 Å². The first kappa shape index (κ1) is 17.3. The molecule has 0 aliphatic carbocycles. The van der Waals surface area contributed by atoms with Crippen LogP contribution in [0, 0.1) is 17.0 Å². The lowest BCUT2D eigenvalue weighted by atomic mass is 10.2. The van der Waals surface area contributed by atoms with Crippen molar-refractivity contribution in [3.8, 4) is 0 Å². The van der Waals surface area contributed by atoms with Gasteiger partial charge in [-0.2, -0.15) is 0 Å². The van der Waals surface area contributed by atoms with Crippen LogP contribution in [0.15, 0.2) is 17.0 Å². The number of aryl methyl sites for hydroxylation is 1. The molecule has 8 nitrogen and oxygen atoms in total. The molecule has 1 amide bonds. The van der Waals surface area contributed by atoms with Crippen molar-refractivity contribution in [3.63, 3.8) is 0 Å². The van der Waals surface area contributed by atoms with Crippen LogP contribution in [0.5, 0.6) is 0 Å². The summed E-state index contributed by atoms with van der Waals surface area (Å²) in [6, 6.07) is 1.96. The van der Waals surface area contributed by atoms with Crippen LogP contribution in [0.1, 0.15) is 12.5 Å². The molecule has 0 unspecified atom stereocenters. The quantitative estimate of drug-likeness (QED) is 0.641. The Morgan fingerprint density at radius 1 is 1.48 bits per heavy atom. The summed E-state index contributed by atoms with van der Waals surface area (Å²) in [6.07, 6.45) is -0.964. The van der Waals surface area contributed by atoms with Crippen molar-refractivity contribution in [2.75, 3.05) is 7.11 Å². The molecule has 1 atom stereocenters. The highest BCUT2D eigenvalue weighted by atomic mass is 35.5. The molecule has 0 heterocycles. The number of ether oxygens (including phenoxy) is 1. The molecule has 0 fully saturated rings. The predicted octanol–water partition coefficient (Wildman–Crippen LogP) is 1.40. The maximum atomic E-state index is 12.1. The molecule has 1 N–H and O–H groups in total. The number of nitro groups is 1. The van der Waals surface area contributed by atoms with Crippen molar-refractivity contribution in [3.05, 3.63) is 32.8 Å². The molecule has 0 bridgehead atoms. The van der Waals surface area contributed by atoms with Crippen LogP contribution < -0.4 is 4.72 Å². The number of hydrogen-bond donors (Lipinski definition) is 1. The van der Waals surface area contributed by atoms with Gasteiger partial charge in [0.15, 0.2) is 0 Å². The van der Waals surface area contributed by atoms with Gasteiger partial charge in [0.2, 0.25) is 0 Å². The third kappa shape index (κ3) is 3.90. The van der Waals surface area contributed by atoms with Gasteiger partial charge >= 0.3 is 0 Å². The molecule has 1 aromatic rings. The molecule has 10 heteroatoms. The van der Waals surface area contributed by atoms with Gasteiger partial charge in [0.1, 0.15) is 11.1 Å². The van der Waals surface area contributed by atoms with Gasteiger partial charge in [0, 0.05) is 13.2 Å². The summed E-state index contributed by atoms with van der Waals surface area (Å²) in [5.41, 5.74) is -0.318. The zero-order chi connectivity index (χ0) is 16.4. The van der Waals surface area contributed by atoms with Crippen LogP contribution in [-0.2, 0) is 19.6 Å². The van der Waals surface area contributed by atoms with Gasteiger partial charge in [-0.1, -0.05) is 11.6 Å². The minimum Gasteiger partial charge on any atom is -0.372 e. The molecule has 21 heavy (non-hydrogen) atoms. The van der Waals surface area contributed by atoms with E-state index in [2.05, 4.69) is 0 Å². The van der Waals surface area contributed by atoms with Crippen molar-refractivity contribution >= 4 is 33.2 Å². The van der Waals surface area contributed by atoms with Gasteiger partial charge in [0.25, 0.3) is 21.6 Å². The van der Waals surface area contributed by atoms with Gasteiger partial charge in [0.05, 0.1) is 9.82 Å². The van der Waals surface area contributed by atoms with E-state index >= 15 is 0 Å². The lowest BCUT2D eigenvalue weighted by Crippen LogP contribution is -2.38. The number of amides is 1. The highest BCUT2D eigenvalue weighted by Gasteiger charge is 2.26. The number of nitro benzene ring substituents is 1. The average Bonchev–Trinajstić information content (AvgIpc) is 2.38. The number of methoxy groups -OCH3 is 1. The monoisotopic (exact) mass is 336 g/mol. The van der Waals surface area contributed by atoms with E-state index in [1.54, 1.807) is 0 Å². The topological polar surface area (TPSA) is 116 Å². The number of nitrogens with zero attached hydrogens (tertiary/aromatic N) is 1. The third-order valence-electron chi connectivity index (χ3n) is 2.69. The number of halogens is 1. The number of hydrogen-bond acceptors (Lipinski definition) is 6. The van der Waals surface area contributed by atoms with Crippen LogP contribution in [0.2, 0.25) is 5.02 Å². The Labute approximate surface area is 126 Å². The molecular weight excluding hydrogens is 324 g/mol. The summed E-state index contributed by atoms with van der Waals surface area (Å²) in [7, 11) is -2.94. The van der Waals surface area contributed by atoms with E-state index in [0.717, 1.165) is 12.1 Å². The van der Waals surface area contributed by atoms with Crippen LogP contribution >= 0.6 is 11.6 Å². The molecule has 1 rings (SSSR count). The van der Waals surface area contributed by atoms with Gasteiger partial charge < -0.3 is 4.74 Å². The zero-order valence-corrected chi connectivity index (χ0v) is 13.0. The molecule has 0 aliphatic heterocycles. The van der Waals surface area contributed by atoms with E-state index in [4.69, 9.17) is 16.3 Å². The van der Waals surface area contributed by atoms with E-state index in [9.17, 15) is 23.3 Å². The number of sulfonamides is 1. The lowest BCUT2D eigenvalue weighted by molar-refractivity contribution is -0.384. The van der Waals surface area contributed by atoms with E-state index in [-0.39, 0.29) is 15.5 Å². The van der Waals surface area contributed by atoms with Gasteiger partial charge in [-0.25, -0.2) is 13.1 Å². The largest absolute Gasteiger partial charge is 0.372 e. The van der Waals surface area contributed by atoms with Crippen LogP contribution in [-0.4, -0.2) is 32.5 Å². The minimum absolute atomic E-state index is 0.0940. The fourth-order valence-corrected chi connectivity index (χ4v) is 3.05. The summed E-state index contributed by atoms with van der Waals surface area (Å²) >= 11 is 5.69. The number of nitrogens with one attached hydrogen (secondary N) is 1. The van der Waals surface area contributed by atoms with E-state index < -0.39 is 32.6 Å². The molecule has 0 saturated carbocycles. The molecule has 0 aromatic heterocycles.